The van der Waals surface area contributed by atoms with E-state index < -0.39 is 35.2 Å². The Labute approximate surface area is 167 Å². The van der Waals surface area contributed by atoms with E-state index in [2.05, 4.69) is 15.3 Å². The average Bonchev–Trinajstić information content (AvgIpc) is 2.58. The van der Waals surface area contributed by atoms with Crippen LogP contribution in [0.15, 0.2) is 29.4 Å². The van der Waals surface area contributed by atoms with Gasteiger partial charge in [-0.1, -0.05) is 23.4 Å². The Morgan fingerprint density at radius 1 is 1.18 bits per heavy atom. The monoisotopic (exact) mass is 433 g/mol. The summed E-state index contributed by atoms with van der Waals surface area (Å²) in [5.74, 6) is -1.58. The molecule has 0 aliphatic carbocycles. The molecule has 0 unspecified atom stereocenters. The number of esters is 1. The van der Waals surface area contributed by atoms with Gasteiger partial charge in [0.25, 0.3) is 5.91 Å². The van der Waals surface area contributed by atoms with E-state index in [1.807, 2.05) is 0 Å². The van der Waals surface area contributed by atoms with Crippen molar-refractivity contribution >= 4 is 40.9 Å². The van der Waals surface area contributed by atoms with E-state index in [0.29, 0.717) is 11.2 Å². The summed E-state index contributed by atoms with van der Waals surface area (Å²) in [6.45, 7) is 2.95. The number of alkyl halides is 3. The predicted molar refractivity (Wildman–Crippen MR) is 98.3 cm³/mol. The van der Waals surface area contributed by atoms with Crippen molar-refractivity contribution in [2.24, 2.45) is 0 Å². The molecular weight excluding hydrogens is 419 g/mol. The molecule has 2 aromatic rings. The molecule has 6 nitrogen and oxygen atoms in total. The first-order valence-electron chi connectivity index (χ1n) is 7.82. The Morgan fingerprint density at radius 2 is 1.82 bits per heavy atom. The van der Waals surface area contributed by atoms with Gasteiger partial charge in [0.05, 0.1) is 16.3 Å². The van der Waals surface area contributed by atoms with Gasteiger partial charge in [-0.15, -0.1) is 0 Å². The third kappa shape index (κ3) is 6.68. The quantitative estimate of drug-likeness (QED) is 0.420. The van der Waals surface area contributed by atoms with E-state index in [0.717, 1.165) is 29.2 Å². The molecule has 0 aliphatic rings. The fourth-order valence-corrected chi connectivity index (χ4v) is 3.06. The number of aryl methyl sites for hydroxylation is 2. The molecule has 2 rings (SSSR count). The Balaban J connectivity index is 1.84. The summed E-state index contributed by atoms with van der Waals surface area (Å²) in [6, 6.07) is 4.72. The minimum atomic E-state index is -4.66. The second kappa shape index (κ2) is 9.24. The summed E-state index contributed by atoms with van der Waals surface area (Å²) in [5, 5.41) is 2.14. The maximum absolute atomic E-state index is 12.8. The molecule has 1 aromatic carbocycles. The Bertz CT molecular complexity index is 873. The zero-order valence-corrected chi connectivity index (χ0v) is 16.3. The molecule has 0 saturated heterocycles. The highest BCUT2D eigenvalue weighted by molar-refractivity contribution is 7.99. The summed E-state index contributed by atoms with van der Waals surface area (Å²) in [4.78, 5) is 31.8. The largest absolute Gasteiger partial charge is 0.455 e. The first-order chi connectivity index (χ1) is 13.0. The van der Waals surface area contributed by atoms with Crippen LogP contribution >= 0.6 is 23.4 Å². The number of nitrogens with one attached hydrogen (secondary N) is 1. The van der Waals surface area contributed by atoms with Crippen molar-refractivity contribution in [1.29, 1.82) is 0 Å². The topological polar surface area (TPSA) is 81.2 Å². The van der Waals surface area contributed by atoms with Gasteiger partial charge in [0.15, 0.2) is 11.8 Å². The minimum absolute atomic E-state index is 0.115. The lowest BCUT2D eigenvalue weighted by molar-refractivity contribution is -0.144. The molecule has 0 aliphatic heterocycles. The average molecular weight is 434 g/mol. The Kier molecular flexibility index (Phi) is 7.25. The molecule has 11 heteroatoms. The van der Waals surface area contributed by atoms with Crippen LogP contribution in [0.4, 0.5) is 18.9 Å². The molecule has 1 heterocycles. The maximum Gasteiger partial charge on any atom is 0.417 e. The number of halogens is 4. The van der Waals surface area contributed by atoms with E-state index in [4.69, 9.17) is 16.3 Å². The first kappa shape index (κ1) is 22.0. The summed E-state index contributed by atoms with van der Waals surface area (Å²) in [7, 11) is 0. The molecule has 1 aromatic heterocycles. The van der Waals surface area contributed by atoms with Crippen LogP contribution in [-0.4, -0.2) is 34.2 Å². The van der Waals surface area contributed by atoms with Crippen molar-refractivity contribution < 1.29 is 27.5 Å². The molecule has 150 valence electrons. The SMILES string of the molecule is Cc1cc(C)nc(SCC(=O)OCC(=O)Nc2ccc(Cl)c(C(F)(F)F)c2)n1. The number of aromatic nitrogens is 2. The third-order valence-electron chi connectivity index (χ3n) is 3.20. The van der Waals surface area contributed by atoms with Crippen LogP contribution in [0.1, 0.15) is 17.0 Å². The first-order valence-corrected chi connectivity index (χ1v) is 9.18. The molecule has 0 bridgehead atoms. The normalized spacial score (nSPS) is 11.2. The van der Waals surface area contributed by atoms with Gasteiger partial charge in [-0.2, -0.15) is 13.2 Å². The molecule has 0 saturated carbocycles. The molecule has 0 fully saturated rings. The van der Waals surface area contributed by atoms with Crippen LogP contribution < -0.4 is 5.32 Å². The fourth-order valence-electron chi connectivity index (χ4n) is 2.09. The number of benzene rings is 1. The van der Waals surface area contributed by atoms with Crippen molar-refractivity contribution in [2.45, 2.75) is 25.2 Å². The lowest BCUT2D eigenvalue weighted by Gasteiger charge is -2.12. The van der Waals surface area contributed by atoms with Gasteiger partial charge in [0.2, 0.25) is 0 Å². The number of amides is 1. The van der Waals surface area contributed by atoms with Crippen LogP contribution in [0.3, 0.4) is 0 Å². The molecule has 0 spiro atoms. The molecule has 1 amide bonds. The van der Waals surface area contributed by atoms with E-state index in [-0.39, 0.29) is 11.4 Å². The van der Waals surface area contributed by atoms with Crippen LogP contribution in [0, 0.1) is 13.8 Å². The van der Waals surface area contributed by atoms with Crippen molar-refractivity contribution in [3.05, 3.63) is 46.2 Å². The van der Waals surface area contributed by atoms with E-state index >= 15 is 0 Å². The summed E-state index contributed by atoms with van der Waals surface area (Å²) < 4.78 is 43.3. The smallest absolute Gasteiger partial charge is 0.417 e. The summed E-state index contributed by atoms with van der Waals surface area (Å²) in [5.41, 5.74) is 0.317. The zero-order chi connectivity index (χ0) is 20.9. The van der Waals surface area contributed by atoms with E-state index in [1.165, 1.54) is 6.07 Å². The summed E-state index contributed by atoms with van der Waals surface area (Å²) >= 11 is 6.56. The number of carbonyl (C=O) groups is 2. The van der Waals surface area contributed by atoms with Gasteiger partial charge in [-0.3, -0.25) is 9.59 Å². The summed E-state index contributed by atoms with van der Waals surface area (Å²) in [6.07, 6.45) is -4.66. The number of hydrogen-bond donors (Lipinski definition) is 1. The third-order valence-corrected chi connectivity index (χ3v) is 4.35. The predicted octanol–water partition coefficient (Wildman–Crippen LogP) is 4.04. The highest BCUT2D eigenvalue weighted by atomic mass is 35.5. The van der Waals surface area contributed by atoms with E-state index in [1.54, 1.807) is 19.9 Å². The van der Waals surface area contributed by atoms with Crippen LogP contribution in [0.25, 0.3) is 0 Å². The standard InChI is InChI=1S/C17H15ClF3N3O3S/c1-9-5-10(2)23-16(22-9)28-8-15(26)27-7-14(25)24-11-3-4-13(18)12(6-11)17(19,20)21/h3-6H,7-8H2,1-2H3,(H,24,25). The van der Waals surface area contributed by atoms with E-state index in [9.17, 15) is 22.8 Å². The molecule has 0 atom stereocenters. The highest BCUT2D eigenvalue weighted by Gasteiger charge is 2.33. The lowest BCUT2D eigenvalue weighted by Crippen LogP contribution is -2.22. The number of ether oxygens (including phenoxy) is 1. The number of hydrogen-bond acceptors (Lipinski definition) is 6. The number of thioether (sulfide) groups is 1. The maximum atomic E-state index is 12.8. The van der Waals surface area contributed by atoms with Crippen molar-refractivity contribution in [2.75, 3.05) is 17.7 Å². The van der Waals surface area contributed by atoms with Crippen LogP contribution in [-0.2, 0) is 20.5 Å². The molecule has 0 radical (unpaired) electrons. The minimum Gasteiger partial charge on any atom is -0.455 e. The molecule has 28 heavy (non-hydrogen) atoms. The van der Waals surface area contributed by atoms with Gasteiger partial charge in [-0.25, -0.2) is 9.97 Å². The van der Waals surface area contributed by atoms with Gasteiger partial charge < -0.3 is 10.1 Å². The second-order valence-corrected chi connectivity index (χ2v) is 6.97. The van der Waals surface area contributed by atoms with Gasteiger partial charge >= 0.3 is 12.1 Å². The Hall–Kier alpha value is -2.33. The molecule has 1 N–H and O–H groups in total. The van der Waals surface area contributed by atoms with Gasteiger partial charge in [0.1, 0.15) is 0 Å². The second-order valence-electron chi connectivity index (χ2n) is 5.62. The molecular formula is C17H15ClF3N3O3S. The van der Waals surface area contributed by atoms with Crippen LogP contribution in [0.2, 0.25) is 5.02 Å². The number of rotatable bonds is 6. The number of anilines is 1. The van der Waals surface area contributed by atoms with Crippen molar-refractivity contribution in [3.8, 4) is 0 Å². The number of carbonyl (C=O) groups excluding carboxylic acids is 2. The van der Waals surface area contributed by atoms with Crippen LogP contribution in [0.5, 0.6) is 0 Å². The number of nitrogens with zero attached hydrogens (tertiary/aromatic N) is 2. The fraction of sp³-hybridized carbons (Fsp3) is 0.294. The zero-order valence-electron chi connectivity index (χ0n) is 14.8. The van der Waals surface area contributed by atoms with Gasteiger partial charge in [0, 0.05) is 17.1 Å². The lowest BCUT2D eigenvalue weighted by atomic mass is 10.2. The Morgan fingerprint density at radius 3 is 2.43 bits per heavy atom. The van der Waals surface area contributed by atoms with Crippen molar-refractivity contribution in [1.82, 2.24) is 9.97 Å². The highest BCUT2D eigenvalue weighted by Crippen LogP contribution is 2.36. The van der Waals surface area contributed by atoms with Crippen molar-refractivity contribution in [3.63, 3.8) is 0 Å². The van der Waals surface area contributed by atoms with Gasteiger partial charge in [-0.05, 0) is 38.1 Å².